The number of hydrogen-bond donors (Lipinski definition) is 3. The molecule has 0 aliphatic heterocycles. The number of benzene rings is 1. The highest BCUT2D eigenvalue weighted by molar-refractivity contribution is 5.72. The molecule has 15 heteroatoms. The minimum atomic E-state index is -5.19. The van der Waals surface area contributed by atoms with Gasteiger partial charge in [0.25, 0.3) is 0 Å². The number of hydrogen-bond acceptors (Lipinski definition) is 6. The van der Waals surface area contributed by atoms with Gasteiger partial charge in [-0.05, 0) is 12.5 Å². The Morgan fingerprint density at radius 2 is 1.39 bits per heavy atom. The fourth-order valence-corrected chi connectivity index (χ4v) is 1.40. The zero-order chi connectivity index (χ0) is 25.0. The van der Waals surface area contributed by atoms with Crippen molar-refractivity contribution in [3.63, 3.8) is 0 Å². The lowest BCUT2D eigenvalue weighted by Gasteiger charge is -2.20. The molecule has 1 rings (SSSR count). The van der Waals surface area contributed by atoms with Gasteiger partial charge in [0.2, 0.25) is 6.04 Å². The lowest BCUT2D eigenvalue weighted by Crippen LogP contribution is -3.15. The molecule has 0 fully saturated rings. The summed E-state index contributed by atoms with van der Waals surface area (Å²) in [5, 5.41) is 27.1. The molecule has 5 N–H and O–H groups in total. The molecule has 0 bridgehead atoms. The lowest BCUT2D eigenvalue weighted by atomic mass is 10.1. The summed E-state index contributed by atoms with van der Waals surface area (Å²) in [6.45, 7) is 2.27. The van der Waals surface area contributed by atoms with Crippen LogP contribution in [-0.2, 0) is 25.8 Å². The Hall–Kier alpha value is -2.91. The summed E-state index contributed by atoms with van der Waals surface area (Å²) in [5.41, 5.74) is 4.68. The average molecular weight is 466 g/mol. The van der Waals surface area contributed by atoms with E-state index in [9.17, 15) is 31.1 Å². The van der Waals surface area contributed by atoms with Crippen LogP contribution in [-0.4, -0.2) is 54.5 Å². The van der Waals surface area contributed by atoms with E-state index in [1.54, 1.807) is 7.05 Å². The molecule has 1 unspecified atom stereocenters. The third kappa shape index (κ3) is 14.7. The van der Waals surface area contributed by atoms with Crippen molar-refractivity contribution in [3.05, 3.63) is 35.9 Å². The molecular weight excluding hydrogens is 446 g/mol. The van der Waals surface area contributed by atoms with Crippen LogP contribution in [0.3, 0.4) is 0 Å². The number of quaternary nitrogens is 2. The maximum absolute atomic E-state index is 10.8. The van der Waals surface area contributed by atoms with Gasteiger partial charge in [-0.3, -0.25) is 0 Å². The van der Waals surface area contributed by atoms with Gasteiger partial charge in [0.15, 0.2) is 6.04 Å². The number of hydroxylamine groups is 2. The molecule has 0 spiro atoms. The van der Waals surface area contributed by atoms with E-state index >= 15 is 0 Å². The van der Waals surface area contributed by atoms with Gasteiger partial charge in [-0.15, -0.1) is 0 Å². The molecule has 0 aromatic heterocycles. The number of carboxylic acid groups (broad SMARTS) is 3. The first kappa shape index (κ1) is 30.3. The largest absolute Gasteiger partial charge is 0.542 e. The van der Waals surface area contributed by atoms with Gasteiger partial charge in [-0.25, -0.2) is 4.79 Å². The molecule has 0 saturated carbocycles. The minimum Gasteiger partial charge on any atom is -0.542 e. The van der Waals surface area contributed by atoms with Crippen LogP contribution in [0.15, 0.2) is 30.3 Å². The van der Waals surface area contributed by atoms with Crippen LogP contribution in [0.1, 0.15) is 12.5 Å². The number of carboxylic acids is 3. The van der Waals surface area contributed by atoms with E-state index < -0.39 is 36.3 Å². The first-order valence-corrected chi connectivity index (χ1v) is 8.03. The summed E-state index contributed by atoms with van der Waals surface area (Å²) in [5.74, 6) is -6.92. The van der Waals surface area contributed by atoms with Gasteiger partial charge in [-0.1, -0.05) is 30.3 Å². The predicted octanol–water partition coefficient (Wildman–Crippen LogP) is -2.69. The normalized spacial score (nSPS) is 14.0. The number of aliphatic carboxylic acids is 3. The van der Waals surface area contributed by atoms with Crippen molar-refractivity contribution >= 4 is 17.9 Å². The summed E-state index contributed by atoms with van der Waals surface area (Å²) >= 11 is 0. The molecule has 0 radical (unpaired) electrons. The summed E-state index contributed by atoms with van der Waals surface area (Å²) in [6.07, 6.45) is -10.4. The van der Waals surface area contributed by atoms with Crippen molar-refractivity contribution in [3.8, 4) is 0 Å². The summed E-state index contributed by atoms with van der Waals surface area (Å²) in [7, 11) is 1.80. The third-order valence-corrected chi connectivity index (χ3v) is 3.33. The topological polar surface area (TPSA) is 159 Å². The van der Waals surface area contributed by atoms with E-state index in [0.29, 0.717) is 11.7 Å². The van der Waals surface area contributed by atoms with Crippen LogP contribution in [0.2, 0.25) is 0 Å². The molecule has 31 heavy (non-hydrogen) atoms. The van der Waals surface area contributed by atoms with Crippen molar-refractivity contribution in [1.82, 2.24) is 0 Å². The number of carbonyl (C=O) groups excluding carboxylic acids is 2. The van der Waals surface area contributed by atoms with Gasteiger partial charge in [0.1, 0.15) is 18.5 Å². The number of likely N-dealkylation sites (N-methyl/N-ethyl adjacent to an activating group) is 1. The highest BCUT2D eigenvalue weighted by Gasteiger charge is 2.32. The SMILES string of the molecule is C[C@@H]([C@H]([NH3+])C(=O)O)[NH+](C)OCc1ccccc1.O=C([O-])C(F)(F)F.O=C([O-])C(F)(F)F. The van der Waals surface area contributed by atoms with Crippen LogP contribution in [0.4, 0.5) is 26.3 Å². The smallest absolute Gasteiger partial charge is 0.430 e. The fourth-order valence-electron chi connectivity index (χ4n) is 1.40. The molecule has 9 nitrogen and oxygen atoms in total. The highest BCUT2D eigenvalue weighted by atomic mass is 19.4. The van der Waals surface area contributed by atoms with Crippen LogP contribution < -0.4 is 21.0 Å². The van der Waals surface area contributed by atoms with Crippen molar-refractivity contribution in [2.45, 2.75) is 38.0 Å². The Kier molecular flexibility index (Phi) is 13.1. The Morgan fingerprint density at radius 1 is 1.03 bits per heavy atom. The first-order chi connectivity index (χ1) is 13.9. The average Bonchev–Trinajstić information content (AvgIpc) is 2.65. The van der Waals surface area contributed by atoms with Crippen molar-refractivity contribution in [2.75, 3.05) is 7.05 Å². The van der Waals surface area contributed by atoms with E-state index in [0.717, 1.165) is 5.56 Å². The van der Waals surface area contributed by atoms with Crippen LogP contribution in [0.5, 0.6) is 0 Å². The number of halogens is 6. The molecular formula is C16H20F6N2O7. The van der Waals surface area contributed by atoms with Gasteiger partial charge < -0.3 is 30.6 Å². The lowest BCUT2D eigenvalue weighted by molar-refractivity contribution is -1.10. The third-order valence-electron chi connectivity index (χ3n) is 3.33. The monoisotopic (exact) mass is 466 g/mol. The predicted molar refractivity (Wildman–Crippen MR) is 84.0 cm³/mol. The minimum absolute atomic E-state index is 0.198. The van der Waals surface area contributed by atoms with E-state index in [-0.39, 0.29) is 6.04 Å². The maximum atomic E-state index is 10.8. The quantitative estimate of drug-likeness (QED) is 0.304. The Morgan fingerprint density at radius 3 is 1.68 bits per heavy atom. The molecule has 0 amide bonds. The van der Waals surface area contributed by atoms with E-state index in [1.165, 1.54) is 0 Å². The number of carbonyl (C=O) groups is 3. The zero-order valence-corrected chi connectivity index (χ0v) is 16.1. The van der Waals surface area contributed by atoms with Crippen LogP contribution >= 0.6 is 0 Å². The standard InChI is InChI=1S/C12H18N2O3.2C2HF3O2/c1-9(11(13)12(15)16)14(2)17-8-10-6-4-3-5-7-10;2*3-2(4,5)1(6)7/h3-7,9,11H,8,13H2,1-2H3,(H,15,16);2*(H,6,7)/t9-,11-;;/m0../s1. The van der Waals surface area contributed by atoms with Gasteiger partial charge in [-0.2, -0.15) is 36.2 Å². The second-order valence-electron chi connectivity index (χ2n) is 5.69. The molecule has 0 aliphatic rings. The number of nitrogens with one attached hydrogen (secondary N) is 1. The number of alkyl halides is 6. The Balaban J connectivity index is 0. The second-order valence-corrected chi connectivity index (χ2v) is 5.69. The molecule has 0 heterocycles. The molecule has 1 aromatic carbocycles. The molecule has 0 saturated heterocycles. The highest BCUT2D eigenvalue weighted by Crippen LogP contribution is 2.12. The second kappa shape index (κ2) is 13.4. The summed E-state index contributed by atoms with van der Waals surface area (Å²) in [4.78, 5) is 33.9. The Bertz CT molecular complexity index is 674. The Labute approximate surface area is 171 Å². The summed E-state index contributed by atoms with van der Waals surface area (Å²) < 4.78 is 63.1. The van der Waals surface area contributed by atoms with Crippen LogP contribution in [0, 0.1) is 0 Å². The fraction of sp³-hybridized carbons (Fsp3) is 0.438. The first-order valence-electron chi connectivity index (χ1n) is 8.03. The van der Waals surface area contributed by atoms with E-state index in [2.05, 4.69) is 5.73 Å². The van der Waals surface area contributed by atoms with Crippen molar-refractivity contribution < 1.29 is 71.7 Å². The molecule has 1 aromatic rings. The van der Waals surface area contributed by atoms with Crippen molar-refractivity contribution in [2.24, 2.45) is 0 Å². The molecule has 178 valence electrons. The maximum Gasteiger partial charge on any atom is 0.430 e. The number of rotatable bonds is 6. The van der Waals surface area contributed by atoms with Gasteiger partial charge in [0, 0.05) is 0 Å². The zero-order valence-electron chi connectivity index (χ0n) is 16.1. The van der Waals surface area contributed by atoms with E-state index in [4.69, 9.17) is 29.7 Å². The van der Waals surface area contributed by atoms with E-state index in [1.807, 2.05) is 37.3 Å². The van der Waals surface area contributed by atoms with Crippen molar-refractivity contribution in [1.29, 1.82) is 0 Å². The molecule has 3 atom stereocenters. The van der Waals surface area contributed by atoms with Gasteiger partial charge >= 0.3 is 18.3 Å². The van der Waals surface area contributed by atoms with Crippen LogP contribution in [0.25, 0.3) is 0 Å². The summed E-state index contributed by atoms with van der Waals surface area (Å²) in [6, 6.07) is 8.90. The molecule has 0 aliphatic carbocycles. The van der Waals surface area contributed by atoms with Gasteiger partial charge in [0.05, 0.1) is 7.05 Å².